The zero-order valence-electron chi connectivity index (χ0n) is 10.2. The summed E-state index contributed by atoms with van der Waals surface area (Å²) in [4.78, 5) is 1.05. The molecule has 2 aromatic rings. The third-order valence-electron chi connectivity index (χ3n) is 2.62. The molecule has 0 radical (unpaired) electrons. The van der Waals surface area contributed by atoms with Gasteiger partial charge >= 0.3 is 0 Å². The van der Waals surface area contributed by atoms with Crippen LogP contribution in [0.5, 0.6) is 0 Å². The molecule has 0 aliphatic heterocycles. The van der Waals surface area contributed by atoms with Crippen LogP contribution in [-0.2, 0) is 16.6 Å². The van der Waals surface area contributed by atoms with Gasteiger partial charge in [0.25, 0.3) is 10.0 Å². The van der Waals surface area contributed by atoms with Gasteiger partial charge in [-0.05, 0) is 45.9 Å². The van der Waals surface area contributed by atoms with E-state index in [2.05, 4.69) is 15.9 Å². The lowest BCUT2D eigenvalue weighted by Crippen LogP contribution is -2.25. The van der Waals surface area contributed by atoms with E-state index in [4.69, 9.17) is 11.6 Å². The summed E-state index contributed by atoms with van der Waals surface area (Å²) < 4.78 is 27.0. The van der Waals surface area contributed by atoms with Gasteiger partial charge in [-0.3, -0.25) is 0 Å². The first kappa shape index (κ1) is 15.5. The summed E-state index contributed by atoms with van der Waals surface area (Å²) in [6, 6.07) is 3.46. The van der Waals surface area contributed by atoms with Crippen LogP contribution in [0.25, 0.3) is 0 Å². The minimum atomic E-state index is -3.49. The number of hydrogen-bond donors (Lipinski definition) is 0. The third kappa shape index (κ3) is 3.22. The van der Waals surface area contributed by atoms with Gasteiger partial charge in [0.05, 0.1) is 8.81 Å². The molecule has 0 saturated carbocycles. The van der Waals surface area contributed by atoms with Crippen molar-refractivity contribution < 1.29 is 8.42 Å². The minimum absolute atomic E-state index is 0.251. The van der Waals surface area contributed by atoms with Gasteiger partial charge in [0.1, 0.15) is 4.21 Å². The van der Waals surface area contributed by atoms with Crippen LogP contribution >= 0.6 is 50.2 Å². The van der Waals surface area contributed by atoms with Crippen molar-refractivity contribution in [3.63, 3.8) is 0 Å². The number of nitrogens with zero attached hydrogens (tertiary/aromatic N) is 1. The van der Waals surface area contributed by atoms with E-state index in [1.54, 1.807) is 18.4 Å². The smallest absolute Gasteiger partial charge is 0.206 e. The zero-order valence-corrected chi connectivity index (χ0v) is 15.0. The van der Waals surface area contributed by atoms with E-state index in [-0.39, 0.29) is 4.21 Å². The summed E-state index contributed by atoms with van der Waals surface area (Å²) in [7, 11) is -1.91. The predicted molar refractivity (Wildman–Crippen MR) is 84.7 cm³/mol. The highest BCUT2D eigenvalue weighted by Gasteiger charge is 2.25. The van der Waals surface area contributed by atoms with Gasteiger partial charge in [-0.25, -0.2) is 8.42 Å². The number of hydrogen-bond acceptors (Lipinski definition) is 4. The summed E-state index contributed by atoms with van der Waals surface area (Å²) in [6.45, 7) is 2.35. The second-order valence-corrected chi connectivity index (χ2v) is 10.0. The average molecular weight is 401 g/mol. The third-order valence-corrected chi connectivity index (χ3v) is 8.36. The largest absolute Gasteiger partial charge is 0.252 e. The molecule has 2 aromatic heterocycles. The van der Waals surface area contributed by atoms with E-state index in [0.29, 0.717) is 15.4 Å². The molecule has 0 atom stereocenters. The Morgan fingerprint density at radius 2 is 2.16 bits per heavy atom. The molecule has 2 heterocycles. The van der Waals surface area contributed by atoms with E-state index in [1.807, 2.05) is 18.4 Å². The molecular weight excluding hydrogens is 390 g/mol. The van der Waals surface area contributed by atoms with Crippen molar-refractivity contribution in [3.05, 3.63) is 36.8 Å². The molecule has 8 heteroatoms. The van der Waals surface area contributed by atoms with Gasteiger partial charge in [-0.15, -0.1) is 22.7 Å². The Hall–Kier alpha value is 0.0800. The molecule has 2 rings (SSSR count). The lowest BCUT2D eigenvalue weighted by molar-refractivity contribution is 0.471. The molecule has 0 bridgehead atoms. The Balaban J connectivity index is 2.27. The van der Waals surface area contributed by atoms with Crippen LogP contribution in [0.3, 0.4) is 0 Å². The topological polar surface area (TPSA) is 37.4 Å². The van der Waals surface area contributed by atoms with E-state index >= 15 is 0 Å². The lowest BCUT2D eigenvalue weighted by Gasteiger charge is -2.15. The Kier molecular flexibility index (Phi) is 4.75. The number of aryl methyl sites for hydroxylation is 1. The molecule has 0 saturated heterocycles. The molecule has 0 spiro atoms. The van der Waals surface area contributed by atoms with Gasteiger partial charge in [0.15, 0.2) is 0 Å². The van der Waals surface area contributed by atoms with Gasteiger partial charge in [0.2, 0.25) is 0 Å². The summed E-state index contributed by atoms with van der Waals surface area (Å²) >= 11 is 11.8. The molecule has 19 heavy (non-hydrogen) atoms. The van der Waals surface area contributed by atoms with Crippen molar-refractivity contribution in [2.75, 3.05) is 7.05 Å². The van der Waals surface area contributed by atoms with Gasteiger partial charge in [0, 0.05) is 18.5 Å². The van der Waals surface area contributed by atoms with Crippen molar-refractivity contribution in [1.82, 2.24) is 4.31 Å². The standard InChI is InChI=1S/C11H11BrClNO2S3/c1-7-3-4-17-9(7)6-14(2)19(15,16)10-5-8(13)11(12)18-10/h3-5H,6H2,1-2H3. The molecule has 0 N–H and O–H groups in total. The van der Waals surface area contributed by atoms with Crippen molar-refractivity contribution in [3.8, 4) is 0 Å². The van der Waals surface area contributed by atoms with Crippen LogP contribution in [0, 0.1) is 6.92 Å². The summed E-state index contributed by atoms with van der Waals surface area (Å²) in [5.74, 6) is 0. The second-order valence-electron chi connectivity index (χ2n) is 3.97. The highest BCUT2D eigenvalue weighted by molar-refractivity contribution is 9.11. The van der Waals surface area contributed by atoms with Crippen LogP contribution in [0.15, 0.2) is 25.5 Å². The molecule has 0 fully saturated rings. The fourth-order valence-corrected chi connectivity index (χ4v) is 6.25. The average Bonchev–Trinajstić information content (AvgIpc) is 2.87. The molecular formula is C11H11BrClNO2S3. The predicted octanol–water partition coefficient (Wildman–Crippen LogP) is 4.35. The van der Waals surface area contributed by atoms with Gasteiger partial charge in [-0.2, -0.15) is 4.31 Å². The first-order chi connectivity index (χ1) is 8.82. The Labute approximate surface area is 134 Å². The van der Waals surface area contributed by atoms with Gasteiger partial charge in [-0.1, -0.05) is 11.6 Å². The Bertz CT molecular complexity index is 673. The highest BCUT2D eigenvalue weighted by Crippen LogP contribution is 2.36. The van der Waals surface area contributed by atoms with Crippen LogP contribution < -0.4 is 0 Å². The van der Waals surface area contributed by atoms with Crippen molar-refractivity contribution in [1.29, 1.82) is 0 Å². The first-order valence-corrected chi connectivity index (χ1v) is 9.57. The maximum absolute atomic E-state index is 12.4. The minimum Gasteiger partial charge on any atom is -0.206 e. The zero-order chi connectivity index (χ0) is 14.2. The lowest BCUT2D eigenvalue weighted by atomic mass is 10.3. The fraction of sp³-hybridized carbons (Fsp3) is 0.273. The van der Waals surface area contributed by atoms with E-state index in [9.17, 15) is 8.42 Å². The molecule has 104 valence electrons. The normalized spacial score (nSPS) is 12.3. The molecule has 3 nitrogen and oxygen atoms in total. The highest BCUT2D eigenvalue weighted by atomic mass is 79.9. The number of thiophene rings is 2. The van der Waals surface area contributed by atoms with Crippen molar-refractivity contribution in [2.45, 2.75) is 17.7 Å². The van der Waals surface area contributed by atoms with Crippen molar-refractivity contribution >= 4 is 60.2 Å². The van der Waals surface area contributed by atoms with Crippen LogP contribution in [0.2, 0.25) is 5.02 Å². The second kappa shape index (κ2) is 5.83. The van der Waals surface area contributed by atoms with Crippen molar-refractivity contribution in [2.24, 2.45) is 0 Å². The first-order valence-electron chi connectivity index (χ1n) is 5.26. The van der Waals surface area contributed by atoms with Gasteiger partial charge < -0.3 is 0 Å². The Morgan fingerprint density at radius 3 is 2.63 bits per heavy atom. The van der Waals surface area contributed by atoms with Crippen LogP contribution in [0.1, 0.15) is 10.4 Å². The molecule has 0 unspecified atom stereocenters. The summed E-state index contributed by atoms with van der Waals surface area (Å²) in [5, 5.41) is 2.38. The number of rotatable bonds is 4. The fourth-order valence-electron chi connectivity index (χ4n) is 1.46. The maximum atomic E-state index is 12.4. The number of halogens is 2. The molecule has 0 aliphatic rings. The Morgan fingerprint density at radius 1 is 1.47 bits per heavy atom. The van der Waals surface area contributed by atoms with E-state index in [1.165, 1.54) is 10.4 Å². The molecule has 0 amide bonds. The summed E-state index contributed by atoms with van der Waals surface area (Å²) in [6.07, 6.45) is 0. The quantitative estimate of drug-likeness (QED) is 0.765. The van der Waals surface area contributed by atoms with Crippen LogP contribution in [0.4, 0.5) is 0 Å². The summed E-state index contributed by atoms with van der Waals surface area (Å²) in [5.41, 5.74) is 1.11. The maximum Gasteiger partial charge on any atom is 0.252 e. The molecule has 0 aliphatic carbocycles. The van der Waals surface area contributed by atoms with E-state index in [0.717, 1.165) is 21.8 Å². The molecule has 0 aromatic carbocycles. The monoisotopic (exact) mass is 399 g/mol. The SMILES string of the molecule is Cc1ccsc1CN(C)S(=O)(=O)c1cc(Cl)c(Br)s1. The van der Waals surface area contributed by atoms with Crippen LogP contribution in [-0.4, -0.2) is 19.8 Å². The van der Waals surface area contributed by atoms with E-state index < -0.39 is 10.0 Å². The number of sulfonamides is 1.